The summed E-state index contributed by atoms with van der Waals surface area (Å²) in [6.07, 6.45) is 7.43. The Labute approximate surface area is 151 Å². The minimum absolute atomic E-state index is 0.482. The second-order valence-corrected chi connectivity index (χ2v) is 7.76. The lowest BCUT2D eigenvalue weighted by molar-refractivity contribution is 0.206. The summed E-state index contributed by atoms with van der Waals surface area (Å²) in [6, 6.07) is 6.57. The molecule has 0 saturated carbocycles. The van der Waals surface area contributed by atoms with Gasteiger partial charge in [-0.05, 0) is 43.1 Å². The Morgan fingerprint density at radius 2 is 1.96 bits per heavy atom. The fraction of sp³-hybridized carbons (Fsp3) is 0.421. The second kappa shape index (κ2) is 6.37. The van der Waals surface area contributed by atoms with Gasteiger partial charge in [0.1, 0.15) is 0 Å². The quantitative estimate of drug-likeness (QED) is 0.745. The van der Waals surface area contributed by atoms with E-state index < -0.39 is 0 Å². The molecule has 0 bridgehead atoms. The van der Waals surface area contributed by atoms with E-state index in [4.69, 9.17) is 4.98 Å². The van der Waals surface area contributed by atoms with Crippen molar-refractivity contribution in [2.75, 3.05) is 33.2 Å². The molecule has 3 heterocycles. The van der Waals surface area contributed by atoms with E-state index in [0.717, 1.165) is 42.9 Å². The van der Waals surface area contributed by atoms with E-state index in [1.54, 1.807) is 0 Å². The van der Waals surface area contributed by atoms with Crippen molar-refractivity contribution < 1.29 is 0 Å². The zero-order chi connectivity index (χ0) is 16.7. The summed E-state index contributed by atoms with van der Waals surface area (Å²) in [4.78, 5) is 9.59. The van der Waals surface area contributed by atoms with Crippen LogP contribution in [0.4, 0.5) is 0 Å². The van der Waals surface area contributed by atoms with Gasteiger partial charge < -0.3 is 9.80 Å². The minimum Gasteiger partial charge on any atom is -0.366 e. The summed E-state index contributed by atoms with van der Waals surface area (Å²) in [5.74, 6) is 1.55. The number of imidazole rings is 1. The lowest BCUT2D eigenvalue weighted by atomic mass is 9.94. The molecule has 1 aromatic heterocycles. The summed E-state index contributed by atoms with van der Waals surface area (Å²) < 4.78 is 3.39. The van der Waals surface area contributed by atoms with E-state index in [0.29, 0.717) is 5.92 Å². The molecule has 0 spiro atoms. The van der Waals surface area contributed by atoms with E-state index in [1.165, 1.54) is 16.9 Å². The summed E-state index contributed by atoms with van der Waals surface area (Å²) in [5.41, 5.74) is 3.91. The lowest BCUT2D eigenvalue weighted by Crippen LogP contribution is -2.43. The molecular formula is C19H23BrN4. The van der Waals surface area contributed by atoms with Crippen LogP contribution < -0.4 is 0 Å². The maximum Gasteiger partial charge on any atom is 0.160 e. The van der Waals surface area contributed by atoms with E-state index in [1.807, 2.05) is 6.20 Å². The van der Waals surface area contributed by atoms with Crippen LogP contribution in [0.5, 0.6) is 0 Å². The van der Waals surface area contributed by atoms with E-state index >= 15 is 0 Å². The zero-order valence-electron chi connectivity index (χ0n) is 14.2. The van der Waals surface area contributed by atoms with Crippen molar-refractivity contribution in [3.8, 4) is 5.69 Å². The molecule has 0 aliphatic carbocycles. The first kappa shape index (κ1) is 15.9. The predicted octanol–water partition coefficient (Wildman–Crippen LogP) is 3.73. The number of allylic oxidation sites excluding steroid dienone is 1. The summed E-state index contributed by atoms with van der Waals surface area (Å²) in [7, 11) is 2.20. The standard InChI is InChI=1S/C19H23BrN4/c1-14-3-5-18(23-11-9-22(2)10-12-23)19-21-7-8-24(19)17-6-4-15(20)13-16(14)17/h4-8,13-14H,3,9-12H2,1-2H3. The van der Waals surface area contributed by atoms with Gasteiger partial charge in [-0.1, -0.05) is 28.9 Å². The van der Waals surface area contributed by atoms with Gasteiger partial charge in [-0.3, -0.25) is 4.57 Å². The van der Waals surface area contributed by atoms with Crippen LogP contribution in [0.15, 0.2) is 41.1 Å². The van der Waals surface area contributed by atoms with Gasteiger partial charge in [0.2, 0.25) is 0 Å². The van der Waals surface area contributed by atoms with Crippen molar-refractivity contribution in [1.82, 2.24) is 19.4 Å². The molecule has 0 N–H and O–H groups in total. The van der Waals surface area contributed by atoms with Crippen molar-refractivity contribution >= 4 is 21.6 Å². The Kier molecular flexibility index (Phi) is 4.22. The molecule has 2 aliphatic rings. The summed E-state index contributed by atoms with van der Waals surface area (Å²) in [6.45, 7) is 6.66. The van der Waals surface area contributed by atoms with Gasteiger partial charge in [-0.25, -0.2) is 4.98 Å². The number of nitrogens with zero attached hydrogens (tertiary/aromatic N) is 4. The van der Waals surface area contributed by atoms with E-state index in [2.05, 4.69) is 74.7 Å². The first-order valence-corrected chi connectivity index (χ1v) is 9.40. The van der Waals surface area contributed by atoms with E-state index in [-0.39, 0.29) is 0 Å². The predicted molar refractivity (Wildman–Crippen MR) is 101 cm³/mol. The molecule has 4 rings (SSSR count). The first-order chi connectivity index (χ1) is 11.6. The molecule has 0 amide bonds. The lowest BCUT2D eigenvalue weighted by Gasteiger charge is -2.36. The highest BCUT2D eigenvalue weighted by molar-refractivity contribution is 9.10. The molecule has 2 aliphatic heterocycles. The van der Waals surface area contributed by atoms with Gasteiger partial charge in [0.25, 0.3) is 0 Å². The summed E-state index contributed by atoms with van der Waals surface area (Å²) >= 11 is 3.62. The Morgan fingerprint density at radius 1 is 1.17 bits per heavy atom. The van der Waals surface area contributed by atoms with Gasteiger partial charge in [-0.2, -0.15) is 0 Å². The van der Waals surface area contributed by atoms with Crippen LogP contribution >= 0.6 is 15.9 Å². The van der Waals surface area contributed by atoms with Crippen LogP contribution in [0.2, 0.25) is 0 Å². The third kappa shape index (κ3) is 2.80. The average molecular weight is 387 g/mol. The van der Waals surface area contributed by atoms with Crippen molar-refractivity contribution in [2.24, 2.45) is 0 Å². The Balaban J connectivity index is 1.79. The monoisotopic (exact) mass is 386 g/mol. The van der Waals surface area contributed by atoms with Crippen molar-refractivity contribution in [3.05, 3.63) is 52.5 Å². The fourth-order valence-corrected chi connectivity index (χ4v) is 4.03. The van der Waals surface area contributed by atoms with Gasteiger partial charge in [0, 0.05) is 43.0 Å². The number of fused-ring (bicyclic) bond motifs is 3. The normalized spacial score (nSPS) is 21.5. The van der Waals surface area contributed by atoms with Crippen LogP contribution in [-0.4, -0.2) is 52.6 Å². The SMILES string of the molecule is CC1CC=C(N2CCN(C)CC2)c2nccn2-c2ccc(Br)cc21. The Hall–Kier alpha value is -1.59. The smallest absolute Gasteiger partial charge is 0.160 e. The zero-order valence-corrected chi connectivity index (χ0v) is 15.8. The van der Waals surface area contributed by atoms with Crippen LogP contribution in [0.3, 0.4) is 0 Å². The highest BCUT2D eigenvalue weighted by Crippen LogP contribution is 2.35. The first-order valence-electron chi connectivity index (χ1n) is 8.60. The molecule has 5 heteroatoms. The molecule has 1 unspecified atom stereocenters. The molecule has 1 fully saturated rings. The maximum absolute atomic E-state index is 4.71. The van der Waals surface area contributed by atoms with Gasteiger partial charge >= 0.3 is 0 Å². The van der Waals surface area contributed by atoms with Gasteiger partial charge in [0.05, 0.1) is 11.4 Å². The molecule has 4 nitrogen and oxygen atoms in total. The van der Waals surface area contributed by atoms with Crippen molar-refractivity contribution in [3.63, 3.8) is 0 Å². The number of hydrogen-bond donors (Lipinski definition) is 0. The molecule has 1 saturated heterocycles. The molecule has 1 atom stereocenters. The van der Waals surface area contributed by atoms with Crippen LogP contribution in [-0.2, 0) is 0 Å². The molecule has 1 aromatic carbocycles. The molecular weight excluding hydrogens is 364 g/mol. The Bertz CT molecular complexity index is 771. The van der Waals surface area contributed by atoms with Crippen LogP contribution in [0, 0.1) is 0 Å². The number of hydrogen-bond acceptors (Lipinski definition) is 3. The topological polar surface area (TPSA) is 24.3 Å². The van der Waals surface area contributed by atoms with Crippen LogP contribution in [0.25, 0.3) is 11.4 Å². The average Bonchev–Trinajstić information content (AvgIpc) is 3.04. The highest BCUT2D eigenvalue weighted by atomic mass is 79.9. The van der Waals surface area contributed by atoms with Crippen molar-refractivity contribution in [1.29, 1.82) is 0 Å². The number of piperazine rings is 1. The minimum atomic E-state index is 0.482. The number of halogens is 1. The second-order valence-electron chi connectivity index (χ2n) is 6.84. The maximum atomic E-state index is 4.71. The highest BCUT2D eigenvalue weighted by Gasteiger charge is 2.24. The molecule has 0 radical (unpaired) electrons. The summed E-state index contributed by atoms with van der Waals surface area (Å²) in [5, 5.41) is 0. The van der Waals surface area contributed by atoms with Crippen molar-refractivity contribution in [2.45, 2.75) is 19.3 Å². The molecule has 2 aromatic rings. The number of rotatable bonds is 1. The van der Waals surface area contributed by atoms with Crippen LogP contribution in [0.1, 0.15) is 30.7 Å². The van der Waals surface area contributed by atoms with Gasteiger partial charge in [-0.15, -0.1) is 0 Å². The number of likely N-dealkylation sites (N-methyl/N-ethyl adjacent to an activating group) is 1. The third-order valence-electron chi connectivity index (χ3n) is 5.16. The van der Waals surface area contributed by atoms with Gasteiger partial charge in [0.15, 0.2) is 5.82 Å². The number of benzene rings is 1. The largest absolute Gasteiger partial charge is 0.366 e. The molecule has 126 valence electrons. The third-order valence-corrected chi connectivity index (χ3v) is 5.65. The number of aromatic nitrogens is 2. The van der Waals surface area contributed by atoms with E-state index in [9.17, 15) is 0 Å². The fourth-order valence-electron chi connectivity index (χ4n) is 3.65. The molecule has 24 heavy (non-hydrogen) atoms. The Morgan fingerprint density at radius 3 is 2.75 bits per heavy atom.